The molecule has 31 heavy (non-hydrogen) atoms. The highest BCUT2D eigenvalue weighted by atomic mass is 16.5. The van der Waals surface area contributed by atoms with Crippen molar-refractivity contribution in [1.29, 1.82) is 0 Å². The third-order valence-corrected chi connectivity index (χ3v) is 4.02. The van der Waals surface area contributed by atoms with E-state index in [1.165, 1.54) is 0 Å². The number of nitrogens with two attached hydrogens (primary N) is 1. The van der Waals surface area contributed by atoms with Crippen LogP contribution in [0.3, 0.4) is 0 Å². The number of ether oxygens (including phenoxy) is 1. The van der Waals surface area contributed by atoms with E-state index in [0.717, 1.165) is 5.56 Å². The summed E-state index contributed by atoms with van der Waals surface area (Å²) in [5.41, 5.74) is 5.96. The number of hydrogen-bond donors (Lipinski definition) is 5. The van der Waals surface area contributed by atoms with Crippen molar-refractivity contribution >= 4 is 12.0 Å². The molecular weight excluding hydrogens is 402 g/mol. The summed E-state index contributed by atoms with van der Waals surface area (Å²) in [7, 11) is 0. The van der Waals surface area contributed by atoms with Crippen molar-refractivity contribution in [3.05, 3.63) is 54.6 Å². The minimum Gasteiger partial charge on any atom is -0.465 e. The van der Waals surface area contributed by atoms with Crippen LogP contribution >= 0.6 is 0 Å². The Bertz CT molecular complexity index is 747. The third-order valence-electron chi connectivity index (χ3n) is 4.02. The van der Waals surface area contributed by atoms with E-state index in [1.807, 2.05) is 30.3 Å². The van der Waals surface area contributed by atoms with Crippen LogP contribution in [0.2, 0.25) is 0 Å². The number of aliphatic hydroxyl groups is 1. The Morgan fingerprint density at radius 2 is 1.97 bits per heavy atom. The number of benzene rings is 1. The van der Waals surface area contributed by atoms with Gasteiger partial charge in [-0.2, -0.15) is 0 Å². The van der Waals surface area contributed by atoms with Crippen molar-refractivity contribution in [2.24, 2.45) is 5.73 Å². The number of carboxylic acid groups (broad SMARTS) is 1. The van der Waals surface area contributed by atoms with Crippen LogP contribution in [0.4, 0.5) is 4.79 Å². The summed E-state index contributed by atoms with van der Waals surface area (Å²) in [6.07, 6.45) is 5.07. The zero-order valence-corrected chi connectivity index (χ0v) is 18.0. The highest BCUT2D eigenvalue weighted by molar-refractivity contribution is 5.85. The van der Waals surface area contributed by atoms with Gasteiger partial charge in [-0.25, -0.2) is 9.78 Å². The summed E-state index contributed by atoms with van der Waals surface area (Å²) in [5.74, 6) is -0.241. The van der Waals surface area contributed by atoms with E-state index in [4.69, 9.17) is 20.7 Å². The quantitative estimate of drug-likeness (QED) is 0.335. The summed E-state index contributed by atoms with van der Waals surface area (Å²) in [4.78, 5) is 25.9. The molecule has 2 rings (SSSR count). The fourth-order valence-corrected chi connectivity index (χ4v) is 2.29. The maximum Gasteiger partial charge on any atom is 0.404 e. The molecule has 0 saturated carbocycles. The van der Waals surface area contributed by atoms with E-state index in [2.05, 4.69) is 15.6 Å². The van der Waals surface area contributed by atoms with Gasteiger partial charge < -0.3 is 35.9 Å². The van der Waals surface area contributed by atoms with Gasteiger partial charge in [0.05, 0.1) is 25.1 Å². The Morgan fingerprint density at radius 3 is 2.52 bits per heavy atom. The van der Waals surface area contributed by atoms with Crippen LogP contribution in [-0.2, 0) is 16.1 Å². The van der Waals surface area contributed by atoms with Crippen molar-refractivity contribution < 1.29 is 24.5 Å². The fourth-order valence-electron chi connectivity index (χ4n) is 2.29. The van der Waals surface area contributed by atoms with Gasteiger partial charge in [0, 0.05) is 25.5 Å². The van der Waals surface area contributed by atoms with Crippen molar-refractivity contribution in [2.45, 2.75) is 45.0 Å². The number of nitrogens with zero attached hydrogens (tertiary/aromatic N) is 2. The number of nitrogens with one attached hydrogen (secondary N) is 2. The van der Waals surface area contributed by atoms with Gasteiger partial charge in [-0.1, -0.05) is 30.3 Å². The largest absolute Gasteiger partial charge is 0.465 e. The first-order valence-electron chi connectivity index (χ1n) is 10.0. The molecule has 0 radical (unpaired) electrons. The minimum absolute atomic E-state index is 0.126. The molecule has 1 unspecified atom stereocenters. The summed E-state index contributed by atoms with van der Waals surface area (Å²) >= 11 is 0. The average molecular weight is 436 g/mol. The van der Waals surface area contributed by atoms with E-state index in [1.54, 1.807) is 37.1 Å². The lowest BCUT2D eigenvalue weighted by Crippen LogP contribution is -2.51. The van der Waals surface area contributed by atoms with E-state index in [0.29, 0.717) is 32.6 Å². The molecule has 2 amide bonds. The maximum atomic E-state index is 12.1. The summed E-state index contributed by atoms with van der Waals surface area (Å²) in [6, 6.07) is 9.87. The first-order chi connectivity index (χ1) is 14.7. The predicted molar refractivity (Wildman–Crippen MR) is 116 cm³/mol. The molecule has 6 N–H and O–H groups in total. The number of imidazole rings is 1. The summed E-state index contributed by atoms with van der Waals surface area (Å²) < 4.78 is 7.50. The molecule has 0 aliphatic rings. The van der Waals surface area contributed by atoms with Gasteiger partial charge in [-0.3, -0.25) is 4.79 Å². The first kappa shape index (κ1) is 26.1. The standard InChI is InChI=1S/C16H22N4O2.C5H11NO3/c1-16(2,17)15(21)19-14(20-9-8-18-12-20)11-22-10-13-6-4-3-5-7-13;7-4-2-1-3-6-5(8)9/h3-9,12,14H,10-11,17H2,1-2H3,(H,19,21);6-7H,1-4H2,(H,8,9). The van der Waals surface area contributed by atoms with Gasteiger partial charge in [0.15, 0.2) is 0 Å². The topological polar surface area (TPSA) is 152 Å². The van der Waals surface area contributed by atoms with Crippen molar-refractivity contribution in [1.82, 2.24) is 20.2 Å². The number of hydrogen-bond acceptors (Lipinski definition) is 6. The number of amides is 2. The number of aliphatic hydroxyl groups excluding tert-OH is 1. The second-order valence-corrected chi connectivity index (χ2v) is 7.38. The number of aromatic nitrogens is 2. The molecule has 2 aromatic rings. The van der Waals surface area contributed by atoms with Gasteiger partial charge >= 0.3 is 6.09 Å². The van der Waals surface area contributed by atoms with Crippen molar-refractivity contribution in [3.63, 3.8) is 0 Å². The molecule has 10 heteroatoms. The smallest absolute Gasteiger partial charge is 0.404 e. The Labute approximate surface area is 182 Å². The molecule has 1 heterocycles. The normalized spacial score (nSPS) is 11.7. The fraction of sp³-hybridized carbons (Fsp3) is 0.476. The minimum atomic E-state index is -1.01. The highest BCUT2D eigenvalue weighted by Gasteiger charge is 2.25. The van der Waals surface area contributed by atoms with Crippen LogP contribution in [0.25, 0.3) is 0 Å². The second-order valence-electron chi connectivity index (χ2n) is 7.38. The third kappa shape index (κ3) is 11.7. The number of carbonyl (C=O) groups excluding carboxylic acids is 1. The monoisotopic (exact) mass is 435 g/mol. The Balaban J connectivity index is 0.000000452. The Hall–Kier alpha value is -2.95. The molecule has 0 bridgehead atoms. The van der Waals surface area contributed by atoms with Gasteiger partial charge in [0.25, 0.3) is 0 Å². The van der Waals surface area contributed by atoms with Gasteiger partial charge in [0.1, 0.15) is 6.17 Å². The first-order valence-corrected chi connectivity index (χ1v) is 10.0. The lowest BCUT2D eigenvalue weighted by Gasteiger charge is -2.25. The van der Waals surface area contributed by atoms with Crippen molar-refractivity contribution in [3.8, 4) is 0 Å². The van der Waals surface area contributed by atoms with Crippen LogP contribution in [-0.4, -0.2) is 57.1 Å². The molecule has 172 valence electrons. The maximum absolute atomic E-state index is 12.1. The zero-order chi connectivity index (χ0) is 23.1. The number of unbranched alkanes of at least 4 members (excludes halogenated alkanes) is 1. The lowest BCUT2D eigenvalue weighted by atomic mass is 10.1. The molecule has 0 saturated heterocycles. The van der Waals surface area contributed by atoms with E-state index < -0.39 is 11.6 Å². The average Bonchev–Trinajstić information content (AvgIpc) is 3.25. The molecule has 1 aromatic heterocycles. The molecular formula is C21H33N5O5. The van der Waals surface area contributed by atoms with Crippen LogP contribution in [0, 0.1) is 0 Å². The molecule has 10 nitrogen and oxygen atoms in total. The van der Waals surface area contributed by atoms with E-state index >= 15 is 0 Å². The summed E-state index contributed by atoms with van der Waals surface area (Å²) in [5, 5.41) is 21.4. The predicted octanol–water partition coefficient (Wildman–Crippen LogP) is 1.48. The van der Waals surface area contributed by atoms with Gasteiger partial charge in [-0.05, 0) is 32.3 Å². The molecule has 0 fully saturated rings. The Morgan fingerprint density at radius 1 is 1.26 bits per heavy atom. The van der Waals surface area contributed by atoms with E-state index in [9.17, 15) is 9.59 Å². The lowest BCUT2D eigenvalue weighted by molar-refractivity contribution is -0.127. The molecule has 0 aliphatic heterocycles. The van der Waals surface area contributed by atoms with E-state index in [-0.39, 0.29) is 18.7 Å². The van der Waals surface area contributed by atoms with Gasteiger partial charge in [0.2, 0.25) is 5.91 Å². The van der Waals surface area contributed by atoms with Crippen molar-refractivity contribution in [2.75, 3.05) is 19.8 Å². The molecule has 0 aliphatic carbocycles. The SMILES string of the molecule is CC(C)(N)C(=O)NC(COCc1ccccc1)n1ccnc1.O=C(O)NCCCCO. The molecule has 1 aromatic carbocycles. The van der Waals surface area contributed by atoms with Crippen LogP contribution < -0.4 is 16.4 Å². The van der Waals surface area contributed by atoms with Crippen LogP contribution in [0.5, 0.6) is 0 Å². The van der Waals surface area contributed by atoms with Crippen LogP contribution in [0.15, 0.2) is 49.1 Å². The van der Waals surface area contributed by atoms with Gasteiger partial charge in [-0.15, -0.1) is 0 Å². The second kappa shape index (κ2) is 14.1. The summed E-state index contributed by atoms with van der Waals surface area (Å²) in [6.45, 7) is 4.69. The molecule has 1 atom stereocenters. The number of carbonyl (C=O) groups is 2. The highest BCUT2D eigenvalue weighted by Crippen LogP contribution is 2.08. The number of rotatable bonds is 11. The Kier molecular flexibility index (Phi) is 11.9. The zero-order valence-electron chi connectivity index (χ0n) is 18.0. The van der Waals surface area contributed by atoms with Crippen LogP contribution in [0.1, 0.15) is 38.4 Å². The molecule has 0 spiro atoms.